The summed E-state index contributed by atoms with van der Waals surface area (Å²) in [6, 6.07) is 23.3. The normalized spacial score (nSPS) is 18.1. The number of carbonyl (C=O) groups is 3. The molecule has 0 saturated carbocycles. The lowest BCUT2D eigenvalue weighted by atomic mass is 9.92. The molecule has 1 saturated heterocycles. The van der Waals surface area contributed by atoms with Crippen molar-refractivity contribution < 1.29 is 19.1 Å². The molecule has 0 radical (unpaired) electrons. The van der Waals surface area contributed by atoms with E-state index in [1.54, 1.807) is 50.4 Å². The Morgan fingerprint density at radius 3 is 2.13 bits per heavy atom. The number of nitrogens with zero attached hydrogens (tertiary/aromatic N) is 1. The summed E-state index contributed by atoms with van der Waals surface area (Å²) in [5.41, 5.74) is 1.86. The molecular formula is C25H22N2O4. The summed E-state index contributed by atoms with van der Waals surface area (Å²) in [6.07, 6.45) is 0. The van der Waals surface area contributed by atoms with Gasteiger partial charge in [-0.3, -0.25) is 14.5 Å². The molecule has 6 nitrogen and oxygen atoms in total. The number of benzene rings is 3. The maximum absolute atomic E-state index is 13.1. The molecule has 1 N–H and O–H groups in total. The van der Waals surface area contributed by atoms with E-state index >= 15 is 0 Å². The fourth-order valence-corrected chi connectivity index (χ4v) is 3.67. The first kappa shape index (κ1) is 20.3. The van der Waals surface area contributed by atoms with Crippen molar-refractivity contribution in [1.82, 2.24) is 10.2 Å². The topological polar surface area (TPSA) is 75.7 Å². The van der Waals surface area contributed by atoms with Gasteiger partial charge >= 0.3 is 6.03 Å². The highest BCUT2D eigenvalue weighted by Gasteiger charge is 2.49. The summed E-state index contributed by atoms with van der Waals surface area (Å²) in [4.78, 5) is 39.3. The van der Waals surface area contributed by atoms with Crippen LogP contribution in [0.2, 0.25) is 0 Å². The van der Waals surface area contributed by atoms with Crippen LogP contribution in [0.1, 0.15) is 22.8 Å². The number of imide groups is 1. The van der Waals surface area contributed by atoms with Gasteiger partial charge in [0.05, 0.1) is 13.7 Å². The van der Waals surface area contributed by atoms with E-state index in [0.717, 1.165) is 16.0 Å². The van der Waals surface area contributed by atoms with Crippen LogP contribution in [0.5, 0.6) is 5.75 Å². The average molecular weight is 414 g/mol. The van der Waals surface area contributed by atoms with Gasteiger partial charge in [0.1, 0.15) is 11.3 Å². The Kier molecular flexibility index (Phi) is 5.29. The SMILES string of the molecule is COc1ccc([C@]2(C)NC(=O)N(CC(=O)c3ccc(-c4ccccc4)cc3)C2=O)cc1. The van der Waals surface area contributed by atoms with E-state index in [-0.39, 0.29) is 12.3 Å². The standard InChI is InChI=1S/C25H22N2O4/c1-25(20-12-14-21(31-2)15-13-20)23(29)27(24(30)26-25)16-22(28)19-10-8-18(9-11-19)17-6-4-3-5-7-17/h3-15H,16H2,1-2H3,(H,26,30)/t25-/m0/s1. The van der Waals surface area contributed by atoms with Crippen LogP contribution in [0.3, 0.4) is 0 Å². The molecule has 3 amide bonds. The van der Waals surface area contributed by atoms with Gasteiger partial charge in [-0.2, -0.15) is 0 Å². The van der Waals surface area contributed by atoms with Crippen LogP contribution in [0.25, 0.3) is 11.1 Å². The number of nitrogens with one attached hydrogen (secondary N) is 1. The Bertz CT molecular complexity index is 1120. The lowest BCUT2D eigenvalue weighted by Crippen LogP contribution is -2.41. The van der Waals surface area contributed by atoms with Crippen molar-refractivity contribution in [3.8, 4) is 16.9 Å². The van der Waals surface area contributed by atoms with Gasteiger partial charge in [0.2, 0.25) is 0 Å². The van der Waals surface area contributed by atoms with Crippen molar-refractivity contribution in [2.45, 2.75) is 12.5 Å². The molecule has 3 aromatic rings. The van der Waals surface area contributed by atoms with Crippen LogP contribution in [0.15, 0.2) is 78.9 Å². The molecule has 0 spiro atoms. The van der Waals surface area contributed by atoms with E-state index < -0.39 is 17.5 Å². The number of ether oxygens (including phenoxy) is 1. The molecule has 1 aliphatic heterocycles. The van der Waals surface area contributed by atoms with Crippen LogP contribution in [-0.2, 0) is 10.3 Å². The number of rotatable bonds is 6. The molecule has 1 fully saturated rings. The molecule has 6 heteroatoms. The van der Waals surface area contributed by atoms with E-state index in [2.05, 4.69) is 5.32 Å². The number of Topliss-reactive ketones (excluding diaryl/α,β-unsaturated/α-hetero) is 1. The Labute approximate surface area is 180 Å². The first-order valence-corrected chi connectivity index (χ1v) is 9.90. The van der Waals surface area contributed by atoms with Gasteiger partial charge in [-0.15, -0.1) is 0 Å². The number of hydrogen-bond acceptors (Lipinski definition) is 4. The quantitative estimate of drug-likeness (QED) is 0.488. The van der Waals surface area contributed by atoms with Gasteiger partial charge in [0.15, 0.2) is 5.78 Å². The maximum atomic E-state index is 13.1. The maximum Gasteiger partial charge on any atom is 0.325 e. The van der Waals surface area contributed by atoms with Crippen molar-refractivity contribution in [3.05, 3.63) is 90.0 Å². The van der Waals surface area contributed by atoms with Crippen molar-refractivity contribution in [1.29, 1.82) is 0 Å². The van der Waals surface area contributed by atoms with Gasteiger partial charge in [0, 0.05) is 5.56 Å². The van der Waals surface area contributed by atoms with Gasteiger partial charge in [-0.1, -0.05) is 66.7 Å². The Hall–Kier alpha value is -3.93. The first-order valence-electron chi connectivity index (χ1n) is 9.90. The number of hydrogen-bond donors (Lipinski definition) is 1. The van der Waals surface area contributed by atoms with Gasteiger partial charge in [-0.25, -0.2) is 4.79 Å². The molecule has 1 atom stereocenters. The zero-order valence-electron chi connectivity index (χ0n) is 17.3. The molecule has 0 aromatic heterocycles. The van der Waals surface area contributed by atoms with Crippen molar-refractivity contribution >= 4 is 17.7 Å². The predicted molar refractivity (Wildman–Crippen MR) is 117 cm³/mol. The summed E-state index contributed by atoms with van der Waals surface area (Å²) in [5, 5.41) is 2.72. The van der Waals surface area contributed by atoms with Gasteiger partial charge in [-0.05, 0) is 35.7 Å². The summed E-state index contributed by atoms with van der Waals surface area (Å²) >= 11 is 0. The number of carbonyl (C=O) groups excluding carboxylic acids is 3. The Morgan fingerprint density at radius 2 is 1.52 bits per heavy atom. The highest BCUT2D eigenvalue weighted by Crippen LogP contribution is 2.30. The molecule has 3 aromatic carbocycles. The smallest absolute Gasteiger partial charge is 0.325 e. The van der Waals surface area contributed by atoms with E-state index in [0.29, 0.717) is 16.9 Å². The molecule has 0 unspecified atom stereocenters. The third-order valence-electron chi connectivity index (χ3n) is 5.56. The molecule has 1 heterocycles. The van der Waals surface area contributed by atoms with Crippen LogP contribution >= 0.6 is 0 Å². The molecule has 1 aliphatic rings. The van der Waals surface area contributed by atoms with E-state index in [4.69, 9.17) is 4.74 Å². The van der Waals surface area contributed by atoms with Crippen LogP contribution in [0.4, 0.5) is 4.79 Å². The number of methoxy groups -OCH3 is 1. The molecule has 4 rings (SSSR count). The van der Waals surface area contributed by atoms with Gasteiger partial charge < -0.3 is 10.1 Å². The average Bonchev–Trinajstić information content (AvgIpc) is 3.03. The first-order chi connectivity index (χ1) is 14.9. The largest absolute Gasteiger partial charge is 0.497 e. The second kappa shape index (κ2) is 8.07. The third-order valence-corrected chi connectivity index (χ3v) is 5.56. The number of ketones is 1. The minimum absolute atomic E-state index is 0.304. The highest BCUT2D eigenvalue weighted by atomic mass is 16.5. The Morgan fingerprint density at radius 1 is 0.903 bits per heavy atom. The zero-order chi connectivity index (χ0) is 22.0. The molecule has 0 bridgehead atoms. The second-order valence-electron chi connectivity index (χ2n) is 7.54. The van der Waals surface area contributed by atoms with Crippen molar-refractivity contribution in [3.63, 3.8) is 0 Å². The summed E-state index contributed by atoms with van der Waals surface area (Å²) in [5.74, 6) is -0.117. The van der Waals surface area contributed by atoms with E-state index in [1.807, 2.05) is 42.5 Å². The minimum atomic E-state index is -1.24. The highest BCUT2D eigenvalue weighted by molar-refractivity contribution is 6.11. The molecule has 0 aliphatic carbocycles. The lowest BCUT2D eigenvalue weighted by molar-refractivity contribution is -0.130. The summed E-state index contributed by atoms with van der Waals surface area (Å²) in [6.45, 7) is 1.31. The van der Waals surface area contributed by atoms with Crippen LogP contribution in [-0.4, -0.2) is 36.3 Å². The fourth-order valence-electron chi connectivity index (χ4n) is 3.67. The van der Waals surface area contributed by atoms with Crippen LogP contribution in [0, 0.1) is 0 Å². The van der Waals surface area contributed by atoms with Crippen molar-refractivity contribution in [2.75, 3.05) is 13.7 Å². The van der Waals surface area contributed by atoms with E-state index in [9.17, 15) is 14.4 Å². The van der Waals surface area contributed by atoms with E-state index in [1.165, 1.54) is 0 Å². The lowest BCUT2D eigenvalue weighted by Gasteiger charge is -2.22. The molecular weight excluding hydrogens is 392 g/mol. The molecule has 156 valence electrons. The fraction of sp³-hybridized carbons (Fsp3) is 0.160. The second-order valence-corrected chi connectivity index (χ2v) is 7.54. The Balaban J connectivity index is 1.50. The minimum Gasteiger partial charge on any atom is -0.497 e. The predicted octanol–water partition coefficient (Wildman–Crippen LogP) is 4.01. The number of urea groups is 1. The summed E-state index contributed by atoms with van der Waals surface area (Å²) < 4.78 is 5.14. The summed E-state index contributed by atoms with van der Waals surface area (Å²) in [7, 11) is 1.55. The number of amides is 3. The molecule has 31 heavy (non-hydrogen) atoms. The van der Waals surface area contributed by atoms with Crippen molar-refractivity contribution in [2.24, 2.45) is 0 Å². The zero-order valence-corrected chi connectivity index (χ0v) is 17.3. The van der Waals surface area contributed by atoms with Gasteiger partial charge in [0.25, 0.3) is 5.91 Å². The monoisotopic (exact) mass is 414 g/mol. The van der Waals surface area contributed by atoms with Crippen LogP contribution < -0.4 is 10.1 Å². The third kappa shape index (κ3) is 3.80.